The SMILES string of the molecule is NC(=O)C1CN(CC(=O)N(Cc2ccc(F)cc2)C2CCCCC2)c2ccccc2O1. The molecule has 4 rings (SSSR count). The molecule has 1 heterocycles. The number of nitrogens with two attached hydrogens (primary N) is 1. The van der Waals surface area contributed by atoms with Gasteiger partial charge in [0.15, 0.2) is 6.10 Å². The second-order valence-corrected chi connectivity index (χ2v) is 8.30. The van der Waals surface area contributed by atoms with Crippen LogP contribution in [-0.4, -0.2) is 41.9 Å². The van der Waals surface area contributed by atoms with Crippen molar-refractivity contribution in [3.05, 3.63) is 59.9 Å². The van der Waals surface area contributed by atoms with E-state index < -0.39 is 12.0 Å². The predicted molar refractivity (Wildman–Crippen MR) is 116 cm³/mol. The number of rotatable bonds is 6. The number of hydrogen-bond acceptors (Lipinski definition) is 4. The zero-order valence-corrected chi connectivity index (χ0v) is 17.5. The molecule has 0 aromatic heterocycles. The third-order valence-electron chi connectivity index (χ3n) is 6.11. The van der Waals surface area contributed by atoms with Gasteiger partial charge in [0.25, 0.3) is 5.91 Å². The van der Waals surface area contributed by atoms with E-state index in [1.807, 2.05) is 28.0 Å². The molecule has 0 spiro atoms. The van der Waals surface area contributed by atoms with Crippen molar-refractivity contribution in [1.82, 2.24) is 4.90 Å². The van der Waals surface area contributed by atoms with Crippen molar-refractivity contribution >= 4 is 17.5 Å². The van der Waals surface area contributed by atoms with E-state index in [4.69, 9.17) is 10.5 Å². The van der Waals surface area contributed by atoms with E-state index in [0.717, 1.165) is 36.9 Å². The number of carbonyl (C=O) groups excluding carboxylic acids is 2. The number of ether oxygens (including phenoxy) is 1. The standard InChI is InChI=1S/C24H28FN3O3/c25-18-12-10-17(11-13-18)14-28(19-6-2-1-3-7-19)23(29)16-27-15-22(24(26)30)31-21-9-5-4-8-20(21)27/h4-5,8-13,19,22H,1-3,6-7,14-16H2,(H2,26,30). The van der Waals surface area contributed by atoms with Crippen molar-refractivity contribution in [3.8, 4) is 5.75 Å². The average molecular weight is 426 g/mol. The van der Waals surface area contributed by atoms with Gasteiger partial charge in [-0.3, -0.25) is 9.59 Å². The Morgan fingerprint density at radius 2 is 1.77 bits per heavy atom. The van der Waals surface area contributed by atoms with Gasteiger partial charge in [-0.25, -0.2) is 4.39 Å². The number of carbonyl (C=O) groups is 2. The number of fused-ring (bicyclic) bond motifs is 1. The lowest BCUT2D eigenvalue weighted by Crippen LogP contribution is -2.52. The Hall–Kier alpha value is -3.09. The van der Waals surface area contributed by atoms with Crippen molar-refractivity contribution in [2.45, 2.75) is 50.8 Å². The molecule has 1 aliphatic heterocycles. The van der Waals surface area contributed by atoms with Crippen molar-refractivity contribution in [2.75, 3.05) is 18.0 Å². The summed E-state index contributed by atoms with van der Waals surface area (Å²) >= 11 is 0. The van der Waals surface area contributed by atoms with Crippen molar-refractivity contribution < 1.29 is 18.7 Å². The molecule has 1 aliphatic carbocycles. The molecular weight excluding hydrogens is 397 g/mol. The monoisotopic (exact) mass is 425 g/mol. The van der Waals surface area contributed by atoms with Crippen LogP contribution in [0.2, 0.25) is 0 Å². The lowest BCUT2D eigenvalue weighted by molar-refractivity contribution is -0.134. The summed E-state index contributed by atoms with van der Waals surface area (Å²) < 4.78 is 19.1. The molecule has 2 N–H and O–H groups in total. The fourth-order valence-corrected chi connectivity index (χ4v) is 4.46. The molecule has 2 amide bonds. The van der Waals surface area contributed by atoms with Gasteiger partial charge in [0.2, 0.25) is 5.91 Å². The number of benzene rings is 2. The fourth-order valence-electron chi connectivity index (χ4n) is 4.46. The molecule has 1 saturated carbocycles. The van der Waals surface area contributed by atoms with Gasteiger partial charge in [0.05, 0.1) is 18.8 Å². The molecule has 164 valence electrons. The Balaban J connectivity index is 1.56. The zero-order valence-electron chi connectivity index (χ0n) is 17.5. The Morgan fingerprint density at radius 1 is 1.06 bits per heavy atom. The molecule has 1 fully saturated rings. The smallest absolute Gasteiger partial charge is 0.260 e. The van der Waals surface area contributed by atoms with Gasteiger partial charge in [-0.2, -0.15) is 0 Å². The van der Waals surface area contributed by atoms with Crippen LogP contribution >= 0.6 is 0 Å². The van der Waals surface area contributed by atoms with Crippen molar-refractivity contribution in [1.29, 1.82) is 0 Å². The van der Waals surface area contributed by atoms with Crippen LogP contribution in [0.25, 0.3) is 0 Å². The molecule has 7 heteroatoms. The van der Waals surface area contributed by atoms with E-state index in [9.17, 15) is 14.0 Å². The molecule has 1 unspecified atom stereocenters. The third kappa shape index (κ3) is 4.98. The van der Waals surface area contributed by atoms with Gasteiger partial charge in [0.1, 0.15) is 11.6 Å². The average Bonchev–Trinajstić information content (AvgIpc) is 2.79. The fraction of sp³-hybridized carbons (Fsp3) is 0.417. The Kier molecular flexibility index (Phi) is 6.39. The van der Waals surface area contributed by atoms with Crippen LogP contribution in [0.4, 0.5) is 10.1 Å². The summed E-state index contributed by atoms with van der Waals surface area (Å²) in [5, 5.41) is 0. The third-order valence-corrected chi connectivity index (χ3v) is 6.11. The summed E-state index contributed by atoms with van der Waals surface area (Å²) in [7, 11) is 0. The summed E-state index contributed by atoms with van der Waals surface area (Å²) in [5.74, 6) is -0.312. The van der Waals surface area contributed by atoms with Gasteiger partial charge in [-0.1, -0.05) is 43.5 Å². The normalized spacial score (nSPS) is 18.7. The van der Waals surface area contributed by atoms with Gasteiger partial charge in [-0.15, -0.1) is 0 Å². The van der Waals surface area contributed by atoms with Crippen LogP contribution in [0.5, 0.6) is 5.75 Å². The first-order valence-corrected chi connectivity index (χ1v) is 10.8. The highest BCUT2D eigenvalue weighted by molar-refractivity contribution is 5.85. The summed E-state index contributed by atoms with van der Waals surface area (Å²) in [6.07, 6.45) is 4.52. The Bertz CT molecular complexity index is 928. The molecule has 0 bridgehead atoms. The predicted octanol–water partition coefficient (Wildman–Crippen LogP) is 3.24. The maximum absolute atomic E-state index is 13.5. The number of hydrogen-bond donors (Lipinski definition) is 1. The molecule has 2 aliphatic rings. The molecule has 0 saturated heterocycles. The van der Waals surface area contributed by atoms with Crippen molar-refractivity contribution in [2.24, 2.45) is 5.73 Å². The first-order chi connectivity index (χ1) is 15.0. The molecule has 6 nitrogen and oxygen atoms in total. The van der Waals surface area contributed by atoms with Crippen LogP contribution in [0.15, 0.2) is 48.5 Å². The summed E-state index contributed by atoms with van der Waals surface area (Å²) in [6.45, 7) is 0.796. The van der Waals surface area contributed by atoms with E-state index in [2.05, 4.69) is 0 Å². The minimum Gasteiger partial charge on any atom is -0.477 e. The van der Waals surface area contributed by atoms with E-state index in [0.29, 0.717) is 12.3 Å². The highest BCUT2D eigenvalue weighted by Gasteiger charge is 2.33. The minimum absolute atomic E-state index is 0.0175. The summed E-state index contributed by atoms with van der Waals surface area (Å²) in [5.41, 5.74) is 7.17. The van der Waals surface area contributed by atoms with Crippen LogP contribution in [0.1, 0.15) is 37.7 Å². The zero-order chi connectivity index (χ0) is 21.8. The van der Waals surface area contributed by atoms with Gasteiger partial charge < -0.3 is 20.3 Å². The quantitative estimate of drug-likeness (QED) is 0.771. The largest absolute Gasteiger partial charge is 0.477 e. The maximum atomic E-state index is 13.5. The van der Waals surface area contributed by atoms with Crippen LogP contribution in [-0.2, 0) is 16.1 Å². The van der Waals surface area contributed by atoms with Gasteiger partial charge in [0, 0.05) is 12.6 Å². The number of amides is 2. The van der Waals surface area contributed by atoms with Crippen LogP contribution < -0.4 is 15.4 Å². The van der Waals surface area contributed by atoms with Gasteiger partial charge >= 0.3 is 0 Å². The Morgan fingerprint density at radius 3 is 2.48 bits per heavy atom. The highest BCUT2D eigenvalue weighted by Crippen LogP contribution is 2.33. The van der Waals surface area contributed by atoms with Crippen LogP contribution in [0, 0.1) is 5.82 Å². The van der Waals surface area contributed by atoms with E-state index in [1.54, 1.807) is 18.2 Å². The number of para-hydroxylation sites is 2. The van der Waals surface area contributed by atoms with E-state index in [1.165, 1.54) is 18.6 Å². The van der Waals surface area contributed by atoms with E-state index in [-0.39, 0.29) is 30.9 Å². The lowest BCUT2D eigenvalue weighted by Gasteiger charge is -2.38. The second kappa shape index (κ2) is 9.37. The summed E-state index contributed by atoms with van der Waals surface area (Å²) in [4.78, 5) is 29.1. The summed E-state index contributed by atoms with van der Waals surface area (Å²) in [6, 6.07) is 13.8. The molecule has 2 aromatic carbocycles. The molecular formula is C24H28FN3O3. The topological polar surface area (TPSA) is 75.9 Å². The van der Waals surface area contributed by atoms with E-state index >= 15 is 0 Å². The Labute approximate surface area is 181 Å². The first kappa shape index (κ1) is 21.2. The number of halogens is 1. The first-order valence-electron chi connectivity index (χ1n) is 10.8. The van der Waals surface area contributed by atoms with Crippen LogP contribution in [0.3, 0.4) is 0 Å². The van der Waals surface area contributed by atoms with Gasteiger partial charge in [-0.05, 0) is 42.7 Å². The molecule has 2 aromatic rings. The maximum Gasteiger partial charge on any atom is 0.260 e. The molecule has 0 radical (unpaired) electrons. The molecule has 1 atom stereocenters. The second-order valence-electron chi connectivity index (χ2n) is 8.30. The lowest BCUT2D eigenvalue weighted by atomic mass is 9.93. The number of primary amides is 1. The number of anilines is 1. The van der Waals surface area contributed by atoms with Crippen molar-refractivity contribution in [3.63, 3.8) is 0 Å². The number of nitrogens with zero attached hydrogens (tertiary/aromatic N) is 2. The minimum atomic E-state index is -0.803. The highest BCUT2D eigenvalue weighted by atomic mass is 19.1. The molecule has 31 heavy (non-hydrogen) atoms.